The maximum atomic E-state index is 11.3. The molecular formula is C14H24N2O. The zero-order chi connectivity index (χ0) is 12.3. The Morgan fingerprint density at radius 1 is 1.35 bits per heavy atom. The standard InChI is InChI=1S/C14H24N2O/c1-13(2)9-4-5-14(3,7-9)12(13)16-10-6-11(17)15-8-10/h9-10,12,16H,4-8H2,1-3H3,(H,15,17)/t9-,10?,12?,14+/m0/s1. The van der Waals surface area contributed by atoms with Crippen LogP contribution in [0, 0.1) is 16.7 Å². The van der Waals surface area contributed by atoms with E-state index in [4.69, 9.17) is 0 Å². The highest BCUT2D eigenvalue weighted by Gasteiger charge is 2.59. The predicted molar refractivity (Wildman–Crippen MR) is 67.6 cm³/mol. The quantitative estimate of drug-likeness (QED) is 0.766. The van der Waals surface area contributed by atoms with E-state index in [0.29, 0.717) is 29.3 Å². The molecule has 2 aliphatic carbocycles. The Labute approximate surface area is 104 Å². The molecule has 3 fully saturated rings. The van der Waals surface area contributed by atoms with Crippen molar-refractivity contribution in [3.8, 4) is 0 Å². The summed E-state index contributed by atoms with van der Waals surface area (Å²) in [4.78, 5) is 11.3. The second-order valence-electron chi connectivity index (χ2n) is 7.22. The van der Waals surface area contributed by atoms with Crippen molar-refractivity contribution in [1.82, 2.24) is 10.6 Å². The molecule has 3 aliphatic rings. The summed E-state index contributed by atoms with van der Waals surface area (Å²) in [7, 11) is 0. The third-order valence-electron chi connectivity index (χ3n) is 5.65. The fourth-order valence-electron chi connectivity index (χ4n) is 4.68. The summed E-state index contributed by atoms with van der Waals surface area (Å²) in [6.07, 6.45) is 4.77. The van der Waals surface area contributed by atoms with Gasteiger partial charge in [-0.15, -0.1) is 0 Å². The lowest BCUT2D eigenvalue weighted by atomic mass is 9.68. The zero-order valence-corrected chi connectivity index (χ0v) is 11.2. The van der Waals surface area contributed by atoms with Crippen LogP contribution in [-0.2, 0) is 4.79 Å². The summed E-state index contributed by atoms with van der Waals surface area (Å²) in [5, 5.41) is 6.71. The van der Waals surface area contributed by atoms with Gasteiger partial charge in [0.2, 0.25) is 5.91 Å². The first-order valence-electron chi connectivity index (χ1n) is 6.94. The zero-order valence-electron chi connectivity index (χ0n) is 11.2. The molecule has 3 nitrogen and oxygen atoms in total. The van der Waals surface area contributed by atoms with Gasteiger partial charge in [0.15, 0.2) is 0 Å². The summed E-state index contributed by atoms with van der Waals surface area (Å²) >= 11 is 0. The van der Waals surface area contributed by atoms with Crippen molar-refractivity contribution in [3.63, 3.8) is 0 Å². The number of carbonyl (C=O) groups excluding carboxylic acids is 1. The lowest BCUT2D eigenvalue weighted by molar-refractivity contribution is -0.119. The Morgan fingerprint density at radius 3 is 2.65 bits per heavy atom. The number of amides is 1. The summed E-state index contributed by atoms with van der Waals surface area (Å²) < 4.78 is 0. The first-order valence-corrected chi connectivity index (χ1v) is 6.94. The van der Waals surface area contributed by atoms with Crippen molar-refractivity contribution >= 4 is 5.91 Å². The van der Waals surface area contributed by atoms with Gasteiger partial charge in [-0.25, -0.2) is 0 Å². The SMILES string of the molecule is CC1(C)C(NC2CNC(=O)C2)[C@]2(C)CC[C@H]1C2. The lowest BCUT2D eigenvalue weighted by Gasteiger charge is -2.44. The second-order valence-corrected chi connectivity index (χ2v) is 7.22. The normalized spacial score (nSPS) is 47.5. The van der Waals surface area contributed by atoms with E-state index in [0.717, 1.165) is 12.5 Å². The number of rotatable bonds is 2. The molecule has 0 radical (unpaired) electrons. The Bertz CT molecular complexity index is 347. The molecule has 1 amide bonds. The van der Waals surface area contributed by atoms with Crippen molar-refractivity contribution in [2.75, 3.05) is 6.54 Å². The average molecular weight is 236 g/mol. The van der Waals surface area contributed by atoms with Crippen molar-refractivity contribution in [1.29, 1.82) is 0 Å². The van der Waals surface area contributed by atoms with Crippen LogP contribution in [-0.4, -0.2) is 24.5 Å². The monoisotopic (exact) mass is 236 g/mol. The fourth-order valence-corrected chi connectivity index (χ4v) is 4.68. The van der Waals surface area contributed by atoms with E-state index in [-0.39, 0.29) is 5.91 Å². The maximum absolute atomic E-state index is 11.3. The minimum absolute atomic E-state index is 0.202. The van der Waals surface area contributed by atoms with Gasteiger partial charge in [0.1, 0.15) is 0 Å². The predicted octanol–water partition coefficient (Wildman–Crippen LogP) is 1.68. The Hall–Kier alpha value is -0.570. The second kappa shape index (κ2) is 3.47. The van der Waals surface area contributed by atoms with Crippen LogP contribution in [0.25, 0.3) is 0 Å². The molecule has 0 aromatic carbocycles. The van der Waals surface area contributed by atoms with Crippen LogP contribution in [0.3, 0.4) is 0 Å². The number of nitrogens with one attached hydrogen (secondary N) is 2. The maximum Gasteiger partial charge on any atom is 0.221 e. The molecule has 3 rings (SSSR count). The highest BCUT2D eigenvalue weighted by atomic mass is 16.1. The van der Waals surface area contributed by atoms with Crippen molar-refractivity contribution < 1.29 is 4.79 Å². The number of hydrogen-bond acceptors (Lipinski definition) is 2. The van der Waals surface area contributed by atoms with Crippen molar-refractivity contribution in [2.45, 2.75) is 58.5 Å². The van der Waals surface area contributed by atoms with Crippen molar-refractivity contribution in [3.05, 3.63) is 0 Å². The highest BCUT2D eigenvalue weighted by molar-refractivity contribution is 5.78. The minimum Gasteiger partial charge on any atom is -0.354 e. The van der Waals surface area contributed by atoms with E-state index in [9.17, 15) is 4.79 Å². The van der Waals surface area contributed by atoms with Gasteiger partial charge in [0.05, 0.1) is 0 Å². The van der Waals surface area contributed by atoms with Crippen LogP contribution < -0.4 is 10.6 Å². The average Bonchev–Trinajstić information content (AvgIpc) is 2.85. The van der Waals surface area contributed by atoms with Crippen LogP contribution >= 0.6 is 0 Å². The van der Waals surface area contributed by atoms with E-state index in [1.54, 1.807) is 0 Å². The summed E-state index contributed by atoms with van der Waals surface area (Å²) in [5.74, 6) is 1.07. The van der Waals surface area contributed by atoms with Crippen LogP contribution in [0.1, 0.15) is 46.5 Å². The number of hydrogen-bond donors (Lipinski definition) is 2. The molecule has 2 N–H and O–H groups in total. The molecule has 0 spiro atoms. The van der Waals surface area contributed by atoms with E-state index < -0.39 is 0 Å². The van der Waals surface area contributed by atoms with Gasteiger partial charge in [0.25, 0.3) is 0 Å². The van der Waals surface area contributed by atoms with Crippen LogP contribution in [0.2, 0.25) is 0 Å². The van der Waals surface area contributed by atoms with Gasteiger partial charge in [-0.05, 0) is 36.0 Å². The highest BCUT2D eigenvalue weighted by Crippen LogP contribution is 2.62. The lowest BCUT2D eigenvalue weighted by Crippen LogP contribution is -2.54. The Kier molecular flexibility index (Phi) is 2.35. The van der Waals surface area contributed by atoms with Gasteiger partial charge in [-0.2, -0.15) is 0 Å². The van der Waals surface area contributed by atoms with Gasteiger partial charge in [-0.1, -0.05) is 20.8 Å². The van der Waals surface area contributed by atoms with E-state index in [1.165, 1.54) is 19.3 Å². The molecule has 1 aliphatic heterocycles. The molecule has 17 heavy (non-hydrogen) atoms. The molecule has 2 saturated carbocycles. The summed E-state index contributed by atoms with van der Waals surface area (Å²) in [5.41, 5.74) is 0.846. The van der Waals surface area contributed by atoms with Gasteiger partial charge >= 0.3 is 0 Å². The minimum atomic E-state index is 0.202. The molecule has 0 aromatic heterocycles. The molecule has 1 saturated heterocycles. The first-order chi connectivity index (χ1) is 7.92. The third kappa shape index (κ3) is 1.62. The molecule has 3 heteroatoms. The van der Waals surface area contributed by atoms with Crippen LogP contribution in [0.4, 0.5) is 0 Å². The first kappa shape index (κ1) is 11.5. The Balaban J connectivity index is 1.76. The summed E-state index contributed by atoms with van der Waals surface area (Å²) in [6.45, 7) is 8.06. The largest absolute Gasteiger partial charge is 0.354 e. The number of fused-ring (bicyclic) bond motifs is 2. The molecule has 4 atom stereocenters. The van der Waals surface area contributed by atoms with E-state index in [2.05, 4.69) is 31.4 Å². The number of carbonyl (C=O) groups is 1. The third-order valence-corrected chi connectivity index (χ3v) is 5.65. The van der Waals surface area contributed by atoms with Gasteiger partial charge in [-0.3, -0.25) is 4.79 Å². The Morgan fingerprint density at radius 2 is 2.12 bits per heavy atom. The van der Waals surface area contributed by atoms with Gasteiger partial charge < -0.3 is 10.6 Å². The smallest absolute Gasteiger partial charge is 0.221 e. The summed E-state index contributed by atoms with van der Waals surface area (Å²) in [6, 6.07) is 0.925. The van der Waals surface area contributed by atoms with E-state index >= 15 is 0 Å². The molecule has 1 heterocycles. The fraction of sp³-hybridized carbons (Fsp3) is 0.929. The molecule has 0 aromatic rings. The van der Waals surface area contributed by atoms with Crippen LogP contribution in [0.15, 0.2) is 0 Å². The molecule has 2 unspecified atom stereocenters. The molecule has 96 valence electrons. The van der Waals surface area contributed by atoms with E-state index in [1.807, 2.05) is 0 Å². The molecule has 2 bridgehead atoms. The van der Waals surface area contributed by atoms with Crippen molar-refractivity contribution in [2.24, 2.45) is 16.7 Å². The van der Waals surface area contributed by atoms with Gasteiger partial charge in [0, 0.05) is 25.0 Å². The van der Waals surface area contributed by atoms with Crippen LogP contribution in [0.5, 0.6) is 0 Å². The topological polar surface area (TPSA) is 41.1 Å². The molecular weight excluding hydrogens is 212 g/mol.